The summed E-state index contributed by atoms with van der Waals surface area (Å²) in [4.78, 5) is 13.5. The van der Waals surface area contributed by atoms with Crippen LogP contribution in [0.15, 0.2) is 12.3 Å². The van der Waals surface area contributed by atoms with E-state index in [9.17, 15) is 18.0 Å². The Labute approximate surface area is 72.4 Å². The lowest BCUT2D eigenvalue weighted by atomic mass is 10.1. The number of hydrogen-bond donors (Lipinski definition) is 0. The maximum Gasteiger partial charge on any atom is 0.433 e. The average molecular weight is 189 g/mol. The summed E-state index contributed by atoms with van der Waals surface area (Å²) in [6.07, 6.45) is -3.14. The molecule has 0 spiro atoms. The number of halogens is 3. The summed E-state index contributed by atoms with van der Waals surface area (Å²) >= 11 is 0. The lowest BCUT2D eigenvalue weighted by Crippen LogP contribution is -2.11. The van der Waals surface area contributed by atoms with Crippen LogP contribution in [0, 0.1) is 6.92 Å². The topological polar surface area (TPSA) is 30.0 Å². The summed E-state index contributed by atoms with van der Waals surface area (Å²) < 4.78 is 36.6. The van der Waals surface area contributed by atoms with Gasteiger partial charge in [-0.05, 0) is 18.6 Å². The zero-order valence-corrected chi connectivity index (χ0v) is 6.72. The van der Waals surface area contributed by atoms with Crippen molar-refractivity contribution in [2.75, 3.05) is 0 Å². The lowest BCUT2D eigenvalue weighted by molar-refractivity contribution is -0.141. The molecule has 70 valence electrons. The highest BCUT2D eigenvalue weighted by Crippen LogP contribution is 2.30. The minimum atomic E-state index is -4.50. The highest BCUT2D eigenvalue weighted by atomic mass is 19.4. The van der Waals surface area contributed by atoms with Crippen LogP contribution >= 0.6 is 0 Å². The smallest absolute Gasteiger partial charge is 0.298 e. The zero-order valence-electron chi connectivity index (χ0n) is 6.72. The molecule has 1 aromatic rings. The van der Waals surface area contributed by atoms with E-state index in [1.807, 2.05) is 0 Å². The van der Waals surface area contributed by atoms with Crippen LogP contribution in [-0.2, 0) is 6.18 Å². The molecule has 1 aromatic heterocycles. The Morgan fingerprint density at radius 1 is 1.46 bits per heavy atom. The highest BCUT2D eigenvalue weighted by Gasteiger charge is 2.34. The summed E-state index contributed by atoms with van der Waals surface area (Å²) in [6, 6.07) is 1.25. The van der Waals surface area contributed by atoms with E-state index < -0.39 is 11.9 Å². The Balaban J connectivity index is 3.32. The number of alkyl halides is 3. The Morgan fingerprint density at radius 2 is 2.08 bits per heavy atom. The molecule has 0 radical (unpaired) electrons. The van der Waals surface area contributed by atoms with Gasteiger partial charge in [0.2, 0.25) is 0 Å². The minimum Gasteiger partial charge on any atom is -0.298 e. The first-order chi connectivity index (χ1) is 5.96. The number of carbonyl (C=O) groups is 1. The lowest BCUT2D eigenvalue weighted by Gasteiger charge is -2.09. The molecule has 13 heavy (non-hydrogen) atoms. The van der Waals surface area contributed by atoms with E-state index >= 15 is 0 Å². The second-order valence-corrected chi connectivity index (χ2v) is 2.49. The van der Waals surface area contributed by atoms with E-state index in [4.69, 9.17) is 0 Å². The van der Waals surface area contributed by atoms with E-state index in [1.165, 1.54) is 13.0 Å². The molecule has 0 aliphatic heterocycles. The molecule has 0 saturated heterocycles. The highest BCUT2D eigenvalue weighted by molar-refractivity contribution is 5.77. The third-order valence-corrected chi connectivity index (χ3v) is 1.64. The van der Waals surface area contributed by atoms with E-state index in [-0.39, 0.29) is 11.1 Å². The van der Waals surface area contributed by atoms with Crippen LogP contribution in [0.4, 0.5) is 13.2 Å². The Morgan fingerprint density at radius 3 is 2.54 bits per heavy atom. The summed E-state index contributed by atoms with van der Waals surface area (Å²) in [7, 11) is 0. The van der Waals surface area contributed by atoms with Crippen molar-refractivity contribution >= 4 is 6.29 Å². The van der Waals surface area contributed by atoms with Gasteiger partial charge >= 0.3 is 6.18 Å². The molecule has 0 aliphatic carbocycles. The van der Waals surface area contributed by atoms with Crippen LogP contribution in [0.2, 0.25) is 0 Å². The van der Waals surface area contributed by atoms with Crippen LogP contribution in [-0.4, -0.2) is 11.3 Å². The largest absolute Gasteiger partial charge is 0.433 e. The number of nitrogens with zero attached hydrogens (tertiary/aromatic N) is 1. The van der Waals surface area contributed by atoms with Gasteiger partial charge in [-0.25, -0.2) is 0 Å². The number of rotatable bonds is 1. The van der Waals surface area contributed by atoms with Gasteiger partial charge < -0.3 is 0 Å². The normalized spacial score (nSPS) is 11.4. The van der Waals surface area contributed by atoms with E-state index in [0.29, 0.717) is 6.29 Å². The molecule has 0 saturated carbocycles. The Bertz CT molecular complexity index is 333. The van der Waals surface area contributed by atoms with Crippen LogP contribution in [0.1, 0.15) is 21.6 Å². The third-order valence-electron chi connectivity index (χ3n) is 1.64. The summed E-state index contributed by atoms with van der Waals surface area (Å²) in [6.45, 7) is 1.22. The van der Waals surface area contributed by atoms with Gasteiger partial charge in [-0.1, -0.05) is 0 Å². The zero-order chi connectivity index (χ0) is 10.1. The van der Waals surface area contributed by atoms with Crippen LogP contribution in [0.3, 0.4) is 0 Å². The number of pyridine rings is 1. The maximum atomic E-state index is 12.2. The van der Waals surface area contributed by atoms with Crippen molar-refractivity contribution in [3.8, 4) is 0 Å². The second kappa shape index (κ2) is 3.16. The van der Waals surface area contributed by atoms with E-state index in [1.54, 1.807) is 0 Å². The van der Waals surface area contributed by atoms with Crippen molar-refractivity contribution < 1.29 is 18.0 Å². The number of carbonyl (C=O) groups excluding carboxylic acids is 1. The molecular weight excluding hydrogens is 183 g/mol. The number of hydrogen-bond acceptors (Lipinski definition) is 2. The fourth-order valence-corrected chi connectivity index (χ4v) is 0.964. The number of aldehydes is 1. The molecule has 2 nitrogen and oxygen atoms in total. The standard InChI is InChI=1S/C8H6F3NO/c1-5-6(4-13)2-3-12-7(5)8(9,10)11/h2-4H,1H3. The molecule has 0 atom stereocenters. The van der Waals surface area contributed by atoms with Crippen molar-refractivity contribution in [1.29, 1.82) is 0 Å². The molecule has 0 fully saturated rings. The van der Waals surface area contributed by atoms with Crippen LogP contribution < -0.4 is 0 Å². The van der Waals surface area contributed by atoms with Crippen molar-refractivity contribution in [1.82, 2.24) is 4.98 Å². The summed E-state index contributed by atoms with van der Waals surface area (Å²) in [5, 5.41) is 0. The van der Waals surface area contributed by atoms with E-state index in [2.05, 4.69) is 4.98 Å². The van der Waals surface area contributed by atoms with E-state index in [0.717, 1.165) is 6.20 Å². The van der Waals surface area contributed by atoms with Crippen molar-refractivity contribution in [2.45, 2.75) is 13.1 Å². The van der Waals surface area contributed by atoms with Crippen LogP contribution in [0.5, 0.6) is 0 Å². The van der Waals surface area contributed by atoms with Crippen molar-refractivity contribution in [2.24, 2.45) is 0 Å². The molecule has 0 amide bonds. The molecule has 0 N–H and O–H groups in total. The van der Waals surface area contributed by atoms with Gasteiger partial charge in [-0.15, -0.1) is 0 Å². The van der Waals surface area contributed by atoms with Gasteiger partial charge in [0, 0.05) is 11.8 Å². The molecule has 1 heterocycles. The SMILES string of the molecule is Cc1c(C=O)ccnc1C(F)(F)F. The quantitative estimate of drug-likeness (QED) is 0.634. The fraction of sp³-hybridized carbons (Fsp3) is 0.250. The molecule has 0 bridgehead atoms. The van der Waals surface area contributed by atoms with Crippen LogP contribution in [0.25, 0.3) is 0 Å². The third kappa shape index (κ3) is 1.85. The van der Waals surface area contributed by atoms with Gasteiger partial charge in [-0.2, -0.15) is 13.2 Å². The summed E-state index contributed by atoms with van der Waals surface area (Å²) in [5.41, 5.74) is -1.12. The maximum absolute atomic E-state index is 12.2. The fourth-order valence-electron chi connectivity index (χ4n) is 0.964. The first-order valence-corrected chi connectivity index (χ1v) is 3.45. The van der Waals surface area contributed by atoms with Crippen molar-refractivity contribution in [3.63, 3.8) is 0 Å². The molecule has 5 heteroatoms. The second-order valence-electron chi connectivity index (χ2n) is 2.49. The van der Waals surface area contributed by atoms with Gasteiger partial charge in [0.05, 0.1) is 0 Å². The van der Waals surface area contributed by atoms with Gasteiger partial charge in [-0.3, -0.25) is 9.78 Å². The Hall–Kier alpha value is -1.39. The predicted octanol–water partition coefficient (Wildman–Crippen LogP) is 2.22. The molecule has 0 aliphatic rings. The molecular formula is C8H6F3NO. The predicted molar refractivity (Wildman–Crippen MR) is 39.4 cm³/mol. The first-order valence-electron chi connectivity index (χ1n) is 3.45. The van der Waals surface area contributed by atoms with Crippen molar-refractivity contribution in [3.05, 3.63) is 29.1 Å². The first kappa shape index (κ1) is 9.70. The van der Waals surface area contributed by atoms with Gasteiger partial charge in [0.1, 0.15) is 12.0 Å². The molecule has 1 rings (SSSR count). The minimum absolute atomic E-state index is 0.0160. The average Bonchev–Trinajstić information content (AvgIpc) is 2.02. The van der Waals surface area contributed by atoms with Gasteiger partial charge in [0.25, 0.3) is 0 Å². The number of aromatic nitrogens is 1. The van der Waals surface area contributed by atoms with Gasteiger partial charge in [0.15, 0.2) is 0 Å². The molecule has 0 unspecified atom stereocenters. The monoisotopic (exact) mass is 189 g/mol. The molecule has 0 aromatic carbocycles. The Kier molecular flexibility index (Phi) is 2.36. The summed E-state index contributed by atoms with van der Waals surface area (Å²) in [5.74, 6) is 0.